The molecule has 3 N–H and O–H groups in total. The molecule has 0 saturated heterocycles. The number of thioether (sulfide) groups is 1. The Bertz CT molecular complexity index is 2260. The lowest BCUT2D eigenvalue weighted by atomic mass is 10.0. The summed E-state index contributed by atoms with van der Waals surface area (Å²) < 4.78 is 5.29. The van der Waals surface area contributed by atoms with Crippen molar-refractivity contribution in [2.75, 3.05) is 17.2 Å². The predicted molar refractivity (Wildman–Crippen MR) is 224 cm³/mol. The maximum absolute atomic E-state index is 13.7. The van der Waals surface area contributed by atoms with Crippen molar-refractivity contribution in [2.45, 2.75) is 29.9 Å². The van der Waals surface area contributed by atoms with Crippen LogP contribution in [0, 0.1) is 0 Å². The standard InChI is InChI=1S/C47H41N3O5S/c1-2-3-31-55-47(54)38-23-25-39(26-24-38)49-46(53)43(36-15-9-5-10-16-36)56-41-29-27-40(28-30-41)48-45(52)42(50-44(51)37-17-11-6-12-18-37)32-33-19-21-35(22-20-33)34-13-7-4-8-14-34/h4-30,32,43H,2-3,31H2,1H3,(H,48,52)(H,49,53)(H,50,51)/b42-32-. The van der Waals surface area contributed by atoms with Crippen LogP contribution in [0.5, 0.6) is 0 Å². The van der Waals surface area contributed by atoms with E-state index in [4.69, 9.17) is 4.74 Å². The van der Waals surface area contributed by atoms with Crippen LogP contribution in [0.25, 0.3) is 17.2 Å². The van der Waals surface area contributed by atoms with Crippen LogP contribution in [0.4, 0.5) is 11.4 Å². The molecule has 0 fully saturated rings. The molecule has 3 amide bonds. The van der Waals surface area contributed by atoms with Gasteiger partial charge in [0.25, 0.3) is 11.8 Å². The number of rotatable bonds is 15. The molecule has 56 heavy (non-hydrogen) atoms. The molecular formula is C47H41N3O5S. The second-order valence-electron chi connectivity index (χ2n) is 12.8. The summed E-state index contributed by atoms with van der Waals surface area (Å²) in [6.45, 7) is 2.40. The lowest BCUT2D eigenvalue weighted by molar-refractivity contribution is -0.116. The number of anilines is 2. The van der Waals surface area contributed by atoms with Crippen molar-refractivity contribution in [1.29, 1.82) is 0 Å². The summed E-state index contributed by atoms with van der Waals surface area (Å²) in [7, 11) is 0. The molecule has 6 rings (SSSR count). The molecule has 0 aliphatic carbocycles. The number of carbonyl (C=O) groups excluding carboxylic acids is 4. The SMILES string of the molecule is CCCCOC(=O)c1ccc(NC(=O)C(Sc2ccc(NC(=O)/C(=C/c3ccc(-c4ccccc4)cc3)NC(=O)c3ccccc3)cc2)c2ccccc2)cc1. The molecule has 0 radical (unpaired) electrons. The van der Waals surface area contributed by atoms with Crippen LogP contribution in [-0.2, 0) is 14.3 Å². The molecule has 0 aliphatic heterocycles. The van der Waals surface area contributed by atoms with Crippen molar-refractivity contribution in [3.63, 3.8) is 0 Å². The zero-order valence-electron chi connectivity index (χ0n) is 30.8. The zero-order valence-corrected chi connectivity index (χ0v) is 31.6. The van der Waals surface area contributed by atoms with Crippen LogP contribution in [0.1, 0.15) is 56.9 Å². The summed E-state index contributed by atoms with van der Waals surface area (Å²) in [5.41, 5.74) is 5.62. The van der Waals surface area contributed by atoms with E-state index in [2.05, 4.69) is 16.0 Å². The highest BCUT2D eigenvalue weighted by atomic mass is 32.2. The van der Waals surface area contributed by atoms with E-state index in [1.807, 2.05) is 110 Å². The molecule has 0 bridgehead atoms. The minimum absolute atomic E-state index is 0.0759. The monoisotopic (exact) mass is 759 g/mol. The topological polar surface area (TPSA) is 114 Å². The second-order valence-corrected chi connectivity index (χ2v) is 14.0. The summed E-state index contributed by atoms with van der Waals surface area (Å²) in [6, 6.07) is 49.7. The summed E-state index contributed by atoms with van der Waals surface area (Å²) in [4.78, 5) is 53.7. The number of benzene rings is 6. The quantitative estimate of drug-likeness (QED) is 0.0416. The molecule has 8 nitrogen and oxygen atoms in total. The highest BCUT2D eigenvalue weighted by molar-refractivity contribution is 8.00. The lowest BCUT2D eigenvalue weighted by Crippen LogP contribution is -2.30. The second kappa shape index (κ2) is 19.6. The minimum atomic E-state index is -0.605. The largest absolute Gasteiger partial charge is 0.462 e. The molecule has 0 aliphatic rings. The smallest absolute Gasteiger partial charge is 0.338 e. The van der Waals surface area contributed by atoms with Crippen LogP contribution in [0.15, 0.2) is 174 Å². The number of hydrogen-bond acceptors (Lipinski definition) is 6. The van der Waals surface area contributed by atoms with Crippen molar-refractivity contribution in [3.8, 4) is 11.1 Å². The van der Waals surface area contributed by atoms with E-state index in [1.54, 1.807) is 66.7 Å². The Morgan fingerprint density at radius 3 is 1.84 bits per heavy atom. The Kier molecular flexibility index (Phi) is 13.6. The van der Waals surface area contributed by atoms with Crippen molar-refractivity contribution in [2.24, 2.45) is 0 Å². The van der Waals surface area contributed by atoms with Gasteiger partial charge in [0.15, 0.2) is 0 Å². The van der Waals surface area contributed by atoms with Gasteiger partial charge in [-0.2, -0.15) is 0 Å². The Balaban J connectivity index is 1.15. The van der Waals surface area contributed by atoms with Gasteiger partial charge >= 0.3 is 5.97 Å². The van der Waals surface area contributed by atoms with Gasteiger partial charge in [0, 0.05) is 21.8 Å². The predicted octanol–water partition coefficient (Wildman–Crippen LogP) is 10.2. The third-order valence-electron chi connectivity index (χ3n) is 8.68. The average molecular weight is 760 g/mol. The van der Waals surface area contributed by atoms with Gasteiger partial charge in [-0.05, 0) is 95.4 Å². The van der Waals surface area contributed by atoms with Gasteiger partial charge in [-0.15, -0.1) is 11.8 Å². The zero-order chi connectivity index (χ0) is 39.1. The van der Waals surface area contributed by atoms with Gasteiger partial charge in [0.1, 0.15) is 10.9 Å². The third kappa shape index (κ3) is 10.9. The van der Waals surface area contributed by atoms with Crippen LogP contribution >= 0.6 is 11.8 Å². The fourth-order valence-corrected chi connectivity index (χ4v) is 6.68. The number of nitrogens with one attached hydrogen (secondary N) is 3. The highest BCUT2D eigenvalue weighted by Crippen LogP contribution is 2.37. The summed E-state index contributed by atoms with van der Waals surface area (Å²) >= 11 is 1.36. The molecule has 1 unspecified atom stereocenters. The number of esters is 1. The molecule has 6 aromatic carbocycles. The van der Waals surface area contributed by atoms with Crippen molar-refractivity contribution in [1.82, 2.24) is 5.32 Å². The van der Waals surface area contributed by atoms with Crippen LogP contribution in [-0.4, -0.2) is 30.3 Å². The van der Waals surface area contributed by atoms with Gasteiger partial charge in [0.05, 0.1) is 12.2 Å². The van der Waals surface area contributed by atoms with E-state index < -0.39 is 23.0 Å². The van der Waals surface area contributed by atoms with Gasteiger partial charge in [0.2, 0.25) is 5.91 Å². The molecule has 0 spiro atoms. The molecule has 0 saturated carbocycles. The Morgan fingerprint density at radius 2 is 1.20 bits per heavy atom. The summed E-state index contributed by atoms with van der Waals surface area (Å²) in [6.07, 6.45) is 3.38. The average Bonchev–Trinajstić information content (AvgIpc) is 3.24. The maximum Gasteiger partial charge on any atom is 0.338 e. The number of hydrogen-bond donors (Lipinski definition) is 3. The Hall–Kier alpha value is -6.71. The normalized spacial score (nSPS) is 11.6. The van der Waals surface area contributed by atoms with Gasteiger partial charge in [-0.25, -0.2) is 4.79 Å². The van der Waals surface area contributed by atoms with Crippen LogP contribution in [0.2, 0.25) is 0 Å². The molecule has 1 atom stereocenters. The minimum Gasteiger partial charge on any atom is -0.462 e. The lowest BCUT2D eigenvalue weighted by Gasteiger charge is -2.18. The molecule has 0 aromatic heterocycles. The van der Waals surface area contributed by atoms with Crippen molar-refractivity contribution in [3.05, 3.63) is 192 Å². The first-order valence-corrected chi connectivity index (χ1v) is 19.2. The summed E-state index contributed by atoms with van der Waals surface area (Å²) in [5.74, 6) is -1.54. The Morgan fingerprint density at radius 1 is 0.625 bits per heavy atom. The number of ether oxygens (including phenoxy) is 1. The molecule has 9 heteroatoms. The first-order chi connectivity index (χ1) is 27.4. The van der Waals surface area contributed by atoms with E-state index in [1.165, 1.54) is 11.8 Å². The highest BCUT2D eigenvalue weighted by Gasteiger charge is 2.23. The molecule has 280 valence electrons. The Labute approximate surface area is 331 Å². The van der Waals surface area contributed by atoms with Crippen LogP contribution < -0.4 is 16.0 Å². The molecule has 6 aromatic rings. The first kappa shape index (κ1) is 39.0. The van der Waals surface area contributed by atoms with E-state index in [-0.39, 0.29) is 11.6 Å². The number of unbranched alkanes of at least 4 members (excludes halogenated alkanes) is 1. The van der Waals surface area contributed by atoms with Gasteiger partial charge in [-0.3, -0.25) is 14.4 Å². The van der Waals surface area contributed by atoms with Gasteiger partial charge < -0.3 is 20.7 Å². The number of carbonyl (C=O) groups is 4. The summed E-state index contributed by atoms with van der Waals surface area (Å²) in [5, 5.41) is 8.07. The maximum atomic E-state index is 13.7. The van der Waals surface area contributed by atoms with E-state index >= 15 is 0 Å². The first-order valence-electron chi connectivity index (χ1n) is 18.3. The van der Waals surface area contributed by atoms with Crippen LogP contribution in [0.3, 0.4) is 0 Å². The number of amides is 3. The molecular weight excluding hydrogens is 719 g/mol. The van der Waals surface area contributed by atoms with E-state index in [0.717, 1.165) is 40.0 Å². The molecule has 0 heterocycles. The van der Waals surface area contributed by atoms with Crippen molar-refractivity contribution >= 4 is 52.9 Å². The fraction of sp³-hybridized carbons (Fsp3) is 0.106. The third-order valence-corrected chi connectivity index (χ3v) is 9.95. The van der Waals surface area contributed by atoms with E-state index in [0.29, 0.717) is 29.1 Å². The van der Waals surface area contributed by atoms with Gasteiger partial charge in [-0.1, -0.05) is 116 Å². The van der Waals surface area contributed by atoms with E-state index in [9.17, 15) is 19.2 Å². The van der Waals surface area contributed by atoms with Crippen molar-refractivity contribution < 1.29 is 23.9 Å². The fourth-order valence-electron chi connectivity index (χ4n) is 5.65.